The predicted octanol–water partition coefficient (Wildman–Crippen LogP) is 2.30. The molecule has 20 heavy (non-hydrogen) atoms. The first-order valence-electron chi connectivity index (χ1n) is 7.55. The molecule has 2 heterocycles. The number of hydrogen-bond acceptors (Lipinski definition) is 4. The number of aromatic nitrogens is 1. The van der Waals surface area contributed by atoms with Crippen molar-refractivity contribution < 1.29 is 4.74 Å². The van der Waals surface area contributed by atoms with Gasteiger partial charge in [0, 0.05) is 43.5 Å². The van der Waals surface area contributed by atoms with Gasteiger partial charge in [0.2, 0.25) is 5.88 Å². The van der Waals surface area contributed by atoms with E-state index in [2.05, 4.69) is 42.0 Å². The summed E-state index contributed by atoms with van der Waals surface area (Å²) in [6.07, 6.45) is 3.01. The zero-order chi connectivity index (χ0) is 14.5. The van der Waals surface area contributed by atoms with Crippen molar-refractivity contribution in [2.75, 3.05) is 20.2 Å². The van der Waals surface area contributed by atoms with Crippen LogP contribution in [0, 0.1) is 5.92 Å². The van der Waals surface area contributed by atoms with E-state index in [1.165, 1.54) is 12.0 Å². The lowest BCUT2D eigenvalue weighted by molar-refractivity contribution is 0.110. The molecule has 0 spiro atoms. The van der Waals surface area contributed by atoms with Gasteiger partial charge in [0.25, 0.3) is 0 Å². The number of nitrogens with one attached hydrogen (secondary N) is 1. The summed E-state index contributed by atoms with van der Waals surface area (Å²) in [6, 6.07) is 5.24. The average Bonchev–Trinajstić information content (AvgIpc) is 2.42. The molecule has 0 aliphatic carbocycles. The number of methoxy groups -OCH3 is 1. The third-order valence-electron chi connectivity index (χ3n) is 3.89. The molecule has 1 N–H and O–H groups in total. The van der Waals surface area contributed by atoms with Gasteiger partial charge in [0.15, 0.2) is 0 Å². The zero-order valence-corrected chi connectivity index (χ0v) is 13.1. The molecule has 1 aromatic rings. The van der Waals surface area contributed by atoms with Gasteiger partial charge in [-0.15, -0.1) is 0 Å². The Morgan fingerprint density at radius 3 is 3.00 bits per heavy atom. The van der Waals surface area contributed by atoms with Crippen LogP contribution < -0.4 is 10.1 Å². The highest BCUT2D eigenvalue weighted by atomic mass is 16.5. The molecule has 1 aliphatic rings. The van der Waals surface area contributed by atoms with E-state index in [0.717, 1.165) is 25.5 Å². The minimum atomic E-state index is 0.543. The molecule has 2 rings (SSSR count). The van der Waals surface area contributed by atoms with Crippen LogP contribution >= 0.6 is 0 Å². The molecule has 1 aliphatic heterocycles. The van der Waals surface area contributed by atoms with E-state index < -0.39 is 0 Å². The molecule has 112 valence electrons. The van der Waals surface area contributed by atoms with Crippen molar-refractivity contribution in [3.05, 3.63) is 23.9 Å². The Balaban J connectivity index is 2.10. The fourth-order valence-corrected chi connectivity index (χ4v) is 2.95. The fourth-order valence-electron chi connectivity index (χ4n) is 2.95. The smallest absolute Gasteiger partial charge is 0.217 e. The SMILES string of the molecule is COc1ncccc1CN1CC(C)NCC1CC(C)C. The molecule has 1 aromatic heterocycles. The molecular weight excluding hydrogens is 250 g/mol. The molecular formula is C16H27N3O. The molecule has 0 aromatic carbocycles. The summed E-state index contributed by atoms with van der Waals surface area (Å²) in [4.78, 5) is 6.87. The highest BCUT2D eigenvalue weighted by Crippen LogP contribution is 2.22. The Morgan fingerprint density at radius 2 is 2.30 bits per heavy atom. The molecule has 0 amide bonds. The third kappa shape index (κ3) is 3.93. The highest BCUT2D eigenvalue weighted by molar-refractivity contribution is 5.25. The molecule has 1 saturated heterocycles. The summed E-state index contributed by atoms with van der Waals surface area (Å²) in [7, 11) is 1.69. The average molecular weight is 277 g/mol. The van der Waals surface area contributed by atoms with Crippen molar-refractivity contribution in [2.24, 2.45) is 5.92 Å². The maximum atomic E-state index is 5.38. The Kier molecular flexibility index (Phi) is 5.38. The normalized spacial score (nSPS) is 24.1. The molecule has 4 heteroatoms. The lowest BCUT2D eigenvalue weighted by Crippen LogP contribution is -2.55. The molecule has 2 atom stereocenters. The van der Waals surface area contributed by atoms with E-state index in [9.17, 15) is 0 Å². The Bertz CT molecular complexity index is 422. The number of ether oxygens (including phenoxy) is 1. The van der Waals surface area contributed by atoms with Gasteiger partial charge in [0.05, 0.1) is 7.11 Å². The Hall–Kier alpha value is -1.13. The second kappa shape index (κ2) is 7.04. The van der Waals surface area contributed by atoms with Crippen molar-refractivity contribution in [1.29, 1.82) is 0 Å². The largest absolute Gasteiger partial charge is 0.481 e. The molecule has 0 bridgehead atoms. The number of rotatable bonds is 5. The topological polar surface area (TPSA) is 37.4 Å². The minimum Gasteiger partial charge on any atom is -0.481 e. The molecule has 0 saturated carbocycles. The number of pyridine rings is 1. The van der Waals surface area contributed by atoms with E-state index in [1.54, 1.807) is 13.3 Å². The molecule has 2 unspecified atom stereocenters. The van der Waals surface area contributed by atoms with Crippen LogP contribution in [0.4, 0.5) is 0 Å². The lowest BCUT2D eigenvalue weighted by atomic mass is 9.98. The van der Waals surface area contributed by atoms with E-state index >= 15 is 0 Å². The molecule has 4 nitrogen and oxygen atoms in total. The van der Waals surface area contributed by atoms with Gasteiger partial charge in [-0.05, 0) is 25.3 Å². The van der Waals surface area contributed by atoms with Crippen LogP contribution in [0.3, 0.4) is 0 Å². The van der Waals surface area contributed by atoms with Gasteiger partial charge < -0.3 is 10.1 Å². The zero-order valence-electron chi connectivity index (χ0n) is 13.1. The maximum Gasteiger partial charge on any atom is 0.217 e. The van der Waals surface area contributed by atoms with E-state index in [1.807, 2.05) is 6.07 Å². The van der Waals surface area contributed by atoms with Gasteiger partial charge in [-0.3, -0.25) is 4.90 Å². The van der Waals surface area contributed by atoms with Crippen molar-refractivity contribution in [3.8, 4) is 5.88 Å². The van der Waals surface area contributed by atoms with Gasteiger partial charge in [-0.2, -0.15) is 0 Å². The second-order valence-electron chi connectivity index (χ2n) is 6.19. The summed E-state index contributed by atoms with van der Waals surface area (Å²) in [5, 5.41) is 3.59. The molecule has 1 fully saturated rings. The van der Waals surface area contributed by atoms with Crippen LogP contribution in [0.2, 0.25) is 0 Å². The Labute approximate surface area is 122 Å². The fraction of sp³-hybridized carbons (Fsp3) is 0.688. The monoisotopic (exact) mass is 277 g/mol. The lowest BCUT2D eigenvalue weighted by Gasteiger charge is -2.40. The summed E-state index contributed by atoms with van der Waals surface area (Å²) >= 11 is 0. The summed E-state index contributed by atoms with van der Waals surface area (Å²) < 4.78 is 5.38. The summed E-state index contributed by atoms with van der Waals surface area (Å²) in [6.45, 7) is 9.90. The van der Waals surface area contributed by atoms with E-state index in [4.69, 9.17) is 4.74 Å². The van der Waals surface area contributed by atoms with Crippen LogP contribution in [0.1, 0.15) is 32.8 Å². The van der Waals surface area contributed by atoms with E-state index in [-0.39, 0.29) is 0 Å². The first-order chi connectivity index (χ1) is 9.60. The first-order valence-corrected chi connectivity index (χ1v) is 7.55. The van der Waals surface area contributed by atoms with Crippen molar-refractivity contribution in [3.63, 3.8) is 0 Å². The van der Waals surface area contributed by atoms with Gasteiger partial charge >= 0.3 is 0 Å². The van der Waals surface area contributed by atoms with Crippen LogP contribution in [0.15, 0.2) is 18.3 Å². The minimum absolute atomic E-state index is 0.543. The van der Waals surface area contributed by atoms with Crippen molar-refractivity contribution >= 4 is 0 Å². The van der Waals surface area contributed by atoms with Gasteiger partial charge in [-0.1, -0.05) is 19.9 Å². The van der Waals surface area contributed by atoms with E-state index in [0.29, 0.717) is 18.0 Å². The predicted molar refractivity (Wildman–Crippen MR) is 81.9 cm³/mol. The molecule has 0 radical (unpaired) electrons. The Morgan fingerprint density at radius 1 is 1.50 bits per heavy atom. The maximum absolute atomic E-state index is 5.38. The van der Waals surface area contributed by atoms with Crippen molar-refractivity contribution in [2.45, 2.75) is 45.8 Å². The summed E-state index contributed by atoms with van der Waals surface area (Å²) in [5.74, 6) is 1.47. The van der Waals surface area contributed by atoms with Gasteiger partial charge in [0.1, 0.15) is 0 Å². The van der Waals surface area contributed by atoms with Crippen LogP contribution in [0.25, 0.3) is 0 Å². The standard InChI is InChI=1S/C16H27N3O/c1-12(2)8-15-9-18-13(3)10-19(15)11-14-6-5-7-17-16(14)20-4/h5-7,12-13,15,18H,8-11H2,1-4H3. The number of hydrogen-bond donors (Lipinski definition) is 1. The number of nitrogens with zero attached hydrogens (tertiary/aromatic N) is 2. The second-order valence-corrected chi connectivity index (χ2v) is 6.19. The van der Waals surface area contributed by atoms with Crippen LogP contribution in [0.5, 0.6) is 5.88 Å². The van der Waals surface area contributed by atoms with Crippen LogP contribution in [-0.2, 0) is 6.54 Å². The highest BCUT2D eigenvalue weighted by Gasteiger charge is 2.27. The third-order valence-corrected chi connectivity index (χ3v) is 3.89. The first kappa shape index (κ1) is 15.3. The van der Waals surface area contributed by atoms with Crippen LogP contribution in [-0.4, -0.2) is 42.2 Å². The quantitative estimate of drug-likeness (QED) is 0.896. The van der Waals surface area contributed by atoms with Crippen molar-refractivity contribution in [1.82, 2.24) is 15.2 Å². The number of piperazine rings is 1. The summed E-state index contributed by atoms with van der Waals surface area (Å²) in [5.41, 5.74) is 1.18. The van der Waals surface area contributed by atoms with Gasteiger partial charge in [-0.25, -0.2) is 4.98 Å².